The van der Waals surface area contributed by atoms with Crippen molar-refractivity contribution in [2.45, 2.75) is 37.1 Å². The molecule has 0 atom stereocenters. The molecule has 0 saturated heterocycles. The number of nitrogens with zero attached hydrogens (tertiary/aromatic N) is 2. The molecule has 0 aliphatic heterocycles. The molecule has 0 radical (unpaired) electrons. The summed E-state index contributed by atoms with van der Waals surface area (Å²) in [5.74, 6) is -3.29. The van der Waals surface area contributed by atoms with Crippen molar-refractivity contribution in [1.29, 1.82) is 0 Å². The van der Waals surface area contributed by atoms with Crippen molar-refractivity contribution < 1.29 is 37.8 Å². The first-order chi connectivity index (χ1) is 19.2. The number of hydrogen-bond acceptors (Lipinski definition) is 9. The van der Waals surface area contributed by atoms with Crippen LogP contribution in [0.25, 0.3) is 0 Å². The van der Waals surface area contributed by atoms with Gasteiger partial charge in [-0.15, -0.1) is 11.8 Å². The van der Waals surface area contributed by atoms with E-state index in [9.17, 15) is 19.2 Å². The Morgan fingerprint density at radius 2 is 1.80 bits per heavy atom. The summed E-state index contributed by atoms with van der Waals surface area (Å²) in [4.78, 5) is 56.2. The third-order valence-electron chi connectivity index (χ3n) is 5.97. The molecule has 40 heavy (non-hydrogen) atoms. The number of aromatic nitrogens is 1. The fourth-order valence-electron chi connectivity index (χ4n) is 4.04. The summed E-state index contributed by atoms with van der Waals surface area (Å²) in [6.45, 7) is 3.32. The minimum Gasteiger partial charge on any atom is -0.468 e. The molecular weight excluding hydrogens is 563 g/mol. The number of rotatable bonds is 11. The number of pyridine rings is 1. The highest BCUT2D eigenvalue weighted by Gasteiger charge is 2.31. The van der Waals surface area contributed by atoms with Crippen LogP contribution in [0.4, 0.5) is 10.1 Å². The van der Waals surface area contributed by atoms with E-state index < -0.39 is 29.6 Å². The summed E-state index contributed by atoms with van der Waals surface area (Å²) in [5, 5.41) is 0.0440. The molecule has 12 heteroatoms. The summed E-state index contributed by atoms with van der Waals surface area (Å²) >= 11 is 7.27. The summed E-state index contributed by atoms with van der Waals surface area (Å²) in [6, 6.07) is 3.89. The number of thioether (sulfide) groups is 1. The van der Waals surface area contributed by atoms with E-state index in [2.05, 4.69) is 16.3 Å². The fourth-order valence-corrected chi connectivity index (χ4v) is 5.13. The zero-order chi connectivity index (χ0) is 29.2. The van der Waals surface area contributed by atoms with Crippen LogP contribution in [0, 0.1) is 5.82 Å². The minimum atomic E-state index is -0.801. The van der Waals surface area contributed by atoms with Crippen molar-refractivity contribution in [2.75, 3.05) is 31.5 Å². The van der Waals surface area contributed by atoms with Gasteiger partial charge in [0.25, 0.3) is 5.91 Å². The molecule has 212 valence electrons. The van der Waals surface area contributed by atoms with Crippen LogP contribution >= 0.6 is 23.4 Å². The van der Waals surface area contributed by atoms with Crippen molar-refractivity contribution in [3.05, 3.63) is 76.4 Å². The lowest BCUT2D eigenvalue weighted by molar-refractivity contribution is -0.138. The van der Waals surface area contributed by atoms with Crippen LogP contribution < -0.4 is 4.90 Å². The second kappa shape index (κ2) is 14.6. The lowest BCUT2D eigenvalue weighted by Crippen LogP contribution is -2.34. The molecule has 0 saturated carbocycles. The smallest absolute Gasteiger partial charge is 0.339 e. The highest BCUT2D eigenvalue weighted by molar-refractivity contribution is 8.00. The predicted octanol–water partition coefficient (Wildman–Crippen LogP) is 5.06. The summed E-state index contributed by atoms with van der Waals surface area (Å²) < 4.78 is 30.1. The second-order valence-corrected chi connectivity index (χ2v) is 10.0. The molecule has 3 rings (SSSR count). The van der Waals surface area contributed by atoms with E-state index in [1.807, 2.05) is 0 Å². The maximum Gasteiger partial charge on any atom is 0.339 e. The number of esters is 3. The largest absolute Gasteiger partial charge is 0.468 e. The van der Waals surface area contributed by atoms with Gasteiger partial charge in [-0.3, -0.25) is 14.6 Å². The predicted molar refractivity (Wildman–Crippen MR) is 148 cm³/mol. The van der Waals surface area contributed by atoms with Crippen molar-refractivity contribution in [3.8, 4) is 0 Å². The van der Waals surface area contributed by atoms with Crippen molar-refractivity contribution in [1.82, 2.24) is 4.98 Å². The first-order valence-corrected chi connectivity index (χ1v) is 13.6. The Morgan fingerprint density at radius 1 is 1.07 bits per heavy atom. The van der Waals surface area contributed by atoms with Gasteiger partial charge < -0.3 is 19.1 Å². The lowest BCUT2D eigenvalue weighted by atomic mass is 9.90. The summed E-state index contributed by atoms with van der Waals surface area (Å²) in [5.41, 5.74) is 0.835. The van der Waals surface area contributed by atoms with Crippen molar-refractivity contribution in [2.24, 2.45) is 0 Å². The van der Waals surface area contributed by atoms with Crippen molar-refractivity contribution in [3.63, 3.8) is 0 Å². The van der Waals surface area contributed by atoms with Gasteiger partial charge in [0, 0.05) is 28.4 Å². The normalized spacial score (nSPS) is 12.9. The number of benzene rings is 1. The molecule has 1 aliphatic rings. The number of methoxy groups -OCH3 is 2. The number of ether oxygens (including phenoxy) is 3. The third-order valence-corrected chi connectivity index (χ3v) is 7.43. The first-order valence-electron chi connectivity index (χ1n) is 12.2. The van der Waals surface area contributed by atoms with Gasteiger partial charge in [-0.2, -0.15) is 0 Å². The summed E-state index contributed by atoms with van der Waals surface area (Å²) in [7, 11) is 2.47. The number of hydrogen-bond donors (Lipinski definition) is 0. The molecule has 2 aromatic rings. The van der Waals surface area contributed by atoms with E-state index >= 15 is 4.39 Å². The Hall–Kier alpha value is -3.70. The van der Waals surface area contributed by atoms with Gasteiger partial charge >= 0.3 is 17.9 Å². The topological polar surface area (TPSA) is 112 Å². The molecule has 0 N–H and O–H groups in total. The van der Waals surface area contributed by atoms with Gasteiger partial charge in [0.15, 0.2) is 0 Å². The molecular formula is C28H28ClFN2O7S. The SMILES string of the molecule is C=CCOC(=O)C1=C(C(=O)N(Cc2cncc(C(=O)OC)c2)c2cc(SCC(=O)OC)c(Cl)cc2F)CCCC1. The zero-order valence-corrected chi connectivity index (χ0v) is 23.6. The van der Waals surface area contributed by atoms with E-state index in [0.29, 0.717) is 29.7 Å². The number of halogens is 2. The minimum absolute atomic E-state index is 0.0217. The Bertz CT molecular complexity index is 1350. The van der Waals surface area contributed by atoms with Crippen LogP contribution in [0.15, 0.2) is 59.3 Å². The summed E-state index contributed by atoms with van der Waals surface area (Å²) in [6.07, 6.45) is 6.11. The van der Waals surface area contributed by atoms with Crippen LogP contribution in [-0.4, -0.2) is 55.4 Å². The fraction of sp³-hybridized carbons (Fsp3) is 0.321. The highest BCUT2D eigenvalue weighted by atomic mass is 35.5. The molecule has 0 unspecified atom stereocenters. The number of anilines is 1. The van der Waals surface area contributed by atoms with Crippen LogP contribution in [0.2, 0.25) is 5.02 Å². The van der Waals surface area contributed by atoms with E-state index in [1.54, 1.807) is 0 Å². The van der Waals surface area contributed by atoms with Crippen molar-refractivity contribution >= 4 is 52.9 Å². The number of amides is 1. The first kappa shape index (κ1) is 30.8. The van der Waals surface area contributed by atoms with Crippen LogP contribution in [0.1, 0.15) is 41.6 Å². The van der Waals surface area contributed by atoms with Gasteiger partial charge in [-0.1, -0.05) is 24.3 Å². The Morgan fingerprint density at radius 3 is 2.48 bits per heavy atom. The maximum absolute atomic E-state index is 15.5. The van der Waals surface area contributed by atoms with Gasteiger partial charge in [-0.05, 0) is 49.4 Å². The molecule has 1 amide bonds. The zero-order valence-electron chi connectivity index (χ0n) is 22.0. The molecule has 0 bridgehead atoms. The molecule has 9 nitrogen and oxygen atoms in total. The standard InChI is InChI=1S/C28H28ClFN2O7S/c1-4-9-39-28(36)20-8-6-5-7-19(20)26(34)32(15-17-10-18(14-31-13-17)27(35)38-3)23-12-24(21(29)11-22(23)30)40-16-25(33)37-2/h4,10-14H,1,5-9,15-16H2,2-3H3. The number of carbonyl (C=O) groups is 4. The molecule has 1 heterocycles. The molecule has 0 spiro atoms. The monoisotopic (exact) mass is 590 g/mol. The second-order valence-electron chi connectivity index (χ2n) is 8.61. The van der Waals surface area contributed by atoms with Gasteiger partial charge in [0.1, 0.15) is 12.4 Å². The maximum atomic E-state index is 15.5. The van der Waals surface area contributed by atoms with Crippen LogP contribution in [0.3, 0.4) is 0 Å². The van der Waals surface area contributed by atoms with E-state index in [1.165, 1.54) is 44.8 Å². The van der Waals surface area contributed by atoms with E-state index in [4.69, 9.17) is 21.1 Å². The Kier molecular flexibility index (Phi) is 11.3. The average molecular weight is 591 g/mol. The average Bonchev–Trinajstić information content (AvgIpc) is 2.97. The molecule has 1 aromatic heterocycles. The van der Waals surface area contributed by atoms with E-state index in [0.717, 1.165) is 22.7 Å². The van der Waals surface area contributed by atoms with Crippen LogP contribution in [-0.2, 0) is 35.1 Å². The molecule has 1 aromatic carbocycles. The van der Waals surface area contributed by atoms with Gasteiger partial charge in [0.05, 0.1) is 42.8 Å². The quantitative estimate of drug-likeness (QED) is 0.153. The van der Waals surface area contributed by atoms with E-state index in [-0.39, 0.29) is 52.7 Å². The third kappa shape index (κ3) is 7.70. The lowest BCUT2D eigenvalue weighted by Gasteiger charge is -2.28. The van der Waals surface area contributed by atoms with Crippen LogP contribution in [0.5, 0.6) is 0 Å². The van der Waals surface area contributed by atoms with Gasteiger partial charge in [0.2, 0.25) is 0 Å². The Labute approximate surface area is 240 Å². The molecule has 0 fully saturated rings. The number of carbonyl (C=O) groups excluding carboxylic acids is 4. The highest BCUT2D eigenvalue weighted by Crippen LogP contribution is 2.36. The Balaban J connectivity index is 2.12. The van der Waals surface area contributed by atoms with Gasteiger partial charge in [-0.25, -0.2) is 14.0 Å². The molecule has 1 aliphatic carbocycles.